The number of nitrogens with zero attached hydrogens (tertiary/aromatic N) is 3. The van der Waals surface area contributed by atoms with Crippen LogP contribution < -0.4 is 0 Å². The smallest absolute Gasteiger partial charge is 0.105 e. The molecule has 0 aliphatic carbocycles. The van der Waals surface area contributed by atoms with Crippen molar-refractivity contribution in [1.29, 1.82) is 0 Å². The molecule has 3 nitrogen and oxygen atoms in total. The average molecular weight is 201 g/mol. The number of pyridine rings is 1. The summed E-state index contributed by atoms with van der Waals surface area (Å²) >= 11 is 0. The lowest BCUT2D eigenvalue weighted by atomic mass is 10.1. The maximum atomic E-state index is 4.46. The maximum Gasteiger partial charge on any atom is 0.105 e. The van der Waals surface area contributed by atoms with Crippen molar-refractivity contribution in [3.63, 3.8) is 0 Å². The number of aryl methyl sites for hydroxylation is 3. The highest BCUT2D eigenvalue weighted by molar-refractivity contribution is 5.62. The lowest BCUT2D eigenvalue weighted by Crippen LogP contribution is -1.97. The zero-order chi connectivity index (χ0) is 11.0. The van der Waals surface area contributed by atoms with Gasteiger partial charge in [-0.05, 0) is 32.9 Å². The summed E-state index contributed by atoms with van der Waals surface area (Å²) in [5.74, 6) is 1.02. The Balaban J connectivity index is 2.59. The van der Waals surface area contributed by atoms with Gasteiger partial charge in [-0.3, -0.25) is 4.98 Å². The van der Waals surface area contributed by atoms with Gasteiger partial charge < -0.3 is 4.57 Å². The van der Waals surface area contributed by atoms with Crippen LogP contribution in [0.4, 0.5) is 0 Å². The van der Waals surface area contributed by atoms with Crippen molar-refractivity contribution in [3.05, 3.63) is 35.5 Å². The van der Waals surface area contributed by atoms with Crippen LogP contribution >= 0.6 is 0 Å². The van der Waals surface area contributed by atoms with E-state index in [9.17, 15) is 0 Å². The minimum Gasteiger partial charge on any atom is -0.331 e. The molecule has 15 heavy (non-hydrogen) atoms. The number of imidazole rings is 1. The molecule has 0 bridgehead atoms. The van der Waals surface area contributed by atoms with Gasteiger partial charge >= 0.3 is 0 Å². The van der Waals surface area contributed by atoms with E-state index in [1.54, 1.807) is 0 Å². The summed E-state index contributed by atoms with van der Waals surface area (Å²) in [5.41, 5.74) is 4.38. The zero-order valence-electron chi connectivity index (χ0n) is 9.57. The fraction of sp³-hybridized carbons (Fsp3) is 0.333. The van der Waals surface area contributed by atoms with E-state index in [4.69, 9.17) is 0 Å². The van der Waals surface area contributed by atoms with Gasteiger partial charge in [0.15, 0.2) is 0 Å². The Morgan fingerprint density at radius 1 is 1.13 bits per heavy atom. The average Bonchev–Trinajstić information content (AvgIpc) is 2.49. The van der Waals surface area contributed by atoms with Crippen molar-refractivity contribution in [1.82, 2.24) is 14.5 Å². The highest BCUT2D eigenvalue weighted by Crippen LogP contribution is 2.22. The van der Waals surface area contributed by atoms with Gasteiger partial charge in [-0.2, -0.15) is 0 Å². The van der Waals surface area contributed by atoms with Gasteiger partial charge in [0.05, 0.1) is 11.9 Å². The number of rotatable bonds is 1. The van der Waals surface area contributed by atoms with E-state index in [0.29, 0.717) is 0 Å². The molecule has 2 aromatic heterocycles. The van der Waals surface area contributed by atoms with E-state index in [1.807, 2.05) is 40.1 Å². The summed E-state index contributed by atoms with van der Waals surface area (Å²) in [6, 6.07) is 4.14. The molecule has 78 valence electrons. The molecule has 2 rings (SSSR count). The summed E-state index contributed by atoms with van der Waals surface area (Å²) < 4.78 is 2.08. The van der Waals surface area contributed by atoms with Crippen LogP contribution in [-0.4, -0.2) is 14.5 Å². The Morgan fingerprint density at radius 2 is 1.87 bits per heavy atom. The molecule has 0 saturated heterocycles. The molecule has 2 aromatic rings. The fourth-order valence-electron chi connectivity index (χ4n) is 1.71. The molecule has 0 fully saturated rings. The molecule has 3 heteroatoms. The molecular weight excluding hydrogens is 186 g/mol. The Kier molecular flexibility index (Phi) is 2.31. The van der Waals surface area contributed by atoms with Gasteiger partial charge in [-0.25, -0.2) is 4.98 Å². The summed E-state index contributed by atoms with van der Waals surface area (Å²) in [5, 5.41) is 0. The van der Waals surface area contributed by atoms with Crippen molar-refractivity contribution in [2.24, 2.45) is 7.05 Å². The molecule has 0 N–H and O–H groups in total. The lowest BCUT2D eigenvalue weighted by molar-refractivity contribution is 0.863. The van der Waals surface area contributed by atoms with Gasteiger partial charge in [-0.1, -0.05) is 0 Å². The molecule has 0 aliphatic heterocycles. The molecule has 0 atom stereocenters. The van der Waals surface area contributed by atoms with E-state index in [2.05, 4.69) is 20.6 Å². The Bertz CT molecular complexity index is 498. The van der Waals surface area contributed by atoms with Crippen molar-refractivity contribution >= 4 is 0 Å². The Morgan fingerprint density at radius 3 is 2.40 bits per heavy atom. The first-order valence-electron chi connectivity index (χ1n) is 5.02. The SMILES string of the molecule is Cc1ccc(-c2cnc(C)n2C)c(C)n1. The van der Waals surface area contributed by atoms with E-state index >= 15 is 0 Å². The standard InChI is InChI=1S/C12H15N3/c1-8-5-6-11(9(2)14-8)12-7-13-10(3)15(12)4/h5-7H,1-4H3. The quantitative estimate of drug-likeness (QED) is 0.709. The lowest BCUT2D eigenvalue weighted by Gasteiger charge is -2.07. The summed E-state index contributed by atoms with van der Waals surface area (Å²) in [4.78, 5) is 8.75. The predicted molar refractivity (Wildman–Crippen MR) is 60.7 cm³/mol. The number of aromatic nitrogens is 3. The third-order valence-corrected chi connectivity index (χ3v) is 2.72. The van der Waals surface area contributed by atoms with Crippen LogP contribution in [0.1, 0.15) is 17.2 Å². The Labute approximate surface area is 89.8 Å². The van der Waals surface area contributed by atoms with Crippen LogP contribution in [0.25, 0.3) is 11.3 Å². The van der Waals surface area contributed by atoms with E-state index in [1.165, 1.54) is 0 Å². The topological polar surface area (TPSA) is 30.7 Å². The highest BCUT2D eigenvalue weighted by Gasteiger charge is 2.08. The monoisotopic (exact) mass is 201 g/mol. The first-order valence-corrected chi connectivity index (χ1v) is 5.02. The first kappa shape index (κ1) is 9.90. The number of hydrogen-bond donors (Lipinski definition) is 0. The minimum absolute atomic E-state index is 1.02. The van der Waals surface area contributed by atoms with Crippen LogP contribution in [0.15, 0.2) is 18.3 Å². The second-order valence-corrected chi connectivity index (χ2v) is 3.84. The second kappa shape index (κ2) is 3.50. The molecule has 0 aromatic carbocycles. The van der Waals surface area contributed by atoms with E-state index in [-0.39, 0.29) is 0 Å². The van der Waals surface area contributed by atoms with Crippen LogP contribution in [-0.2, 0) is 7.05 Å². The molecule has 0 amide bonds. The third-order valence-electron chi connectivity index (χ3n) is 2.72. The maximum absolute atomic E-state index is 4.46. The highest BCUT2D eigenvalue weighted by atomic mass is 15.1. The van der Waals surface area contributed by atoms with Crippen molar-refractivity contribution in [2.75, 3.05) is 0 Å². The molecule has 0 aliphatic rings. The van der Waals surface area contributed by atoms with Crippen LogP contribution in [0.2, 0.25) is 0 Å². The van der Waals surface area contributed by atoms with Crippen molar-refractivity contribution in [2.45, 2.75) is 20.8 Å². The third kappa shape index (κ3) is 1.65. The largest absolute Gasteiger partial charge is 0.331 e. The molecule has 0 unspecified atom stereocenters. The normalized spacial score (nSPS) is 10.7. The predicted octanol–water partition coefficient (Wildman–Crippen LogP) is 2.41. The van der Waals surface area contributed by atoms with Gasteiger partial charge in [0, 0.05) is 24.0 Å². The molecule has 0 spiro atoms. The van der Waals surface area contributed by atoms with Gasteiger partial charge in [-0.15, -0.1) is 0 Å². The minimum atomic E-state index is 1.02. The van der Waals surface area contributed by atoms with Crippen molar-refractivity contribution < 1.29 is 0 Å². The van der Waals surface area contributed by atoms with Gasteiger partial charge in [0.1, 0.15) is 5.82 Å². The van der Waals surface area contributed by atoms with E-state index in [0.717, 1.165) is 28.5 Å². The second-order valence-electron chi connectivity index (χ2n) is 3.84. The summed E-state index contributed by atoms with van der Waals surface area (Å²) in [7, 11) is 2.02. The summed E-state index contributed by atoms with van der Waals surface area (Å²) in [6.45, 7) is 6.04. The fourth-order valence-corrected chi connectivity index (χ4v) is 1.71. The van der Waals surface area contributed by atoms with Gasteiger partial charge in [0.25, 0.3) is 0 Å². The molecule has 0 radical (unpaired) electrons. The van der Waals surface area contributed by atoms with E-state index < -0.39 is 0 Å². The van der Waals surface area contributed by atoms with Crippen LogP contribution in [0.3, 0.4) is 0 Å². The zero-order valence-corrected chi connectivity index (χ0v) is 9.57. The number of hydrogen-bond acceptors (Lipinski definition) is 2. The van der Waals surface area contributed by atoms with Crippen molar-refractivity contribution in [3.8, 4) is 11.3 Å². The molecule has 0 saturated carbocycles. The van der Waals surface area contributed by atoms with Crippen LogP contribution in [0, 0.1) is 20.8 Å². The van der Waals surface area contributed by atoms with Crippen LogP contribution in [0.5, 0.6) is 0 Å². The summed E-state index contributed by atoms with van der Waals surface area (Å²) in [6.07, 6.45) is 1.90. The first-order chi connectivity index (χ1) is 7.09. The van der Waals surface area contributed by atoms with Gasteiger partial charge in [0.2, 0.25) is 0 Å². The molecular formula is C12H15N3. The Hall–Kier alpha value is -1.64. The molecule has 2 heterocycles.